The van der Waals surface area contributed by atoms with Gasteiger partial charge in [0.2, 0.25) is 0 Å². The molecule has 76 valence electrons. The van der Waals surface area contributed by atoms with Gasteiger partial charge in [-0.3, -0.25) is 0 Å². The summed E-state index contributed by atoms with van der Waals surface area (Å²) in [5.74, 6) is -1.18. The minimum atomic E-state index is -1.52. The molecular weight excluding hydrogens is 250 g/mol. The number of halogens is 1. The molecule has 0 saturated carbocycles. The van der Waals surface area contributed by atoms with Crippen molar-refractivity contribution >= 4 is 21.9 Å². The number of hydrogen-bond acceptors (Lipinski definition) is 3. The topological polar surface area (TPSA) is 83.6 Å². The van der Waals surface area contributed by atoms with Gasteiger partial charge >= 0.3 is 5.97 Å². The Labute approximate surface area is 89.5 Å². The van der Waals surface area contributed by atoms with Crippen LogP contribution in [0.25, 0.3) is 0 Å². The average molecular weight is 260 g/mol. The number of aromatic hydroxyl groups is 1. The van der Waals surface area contributed by atoms with Crippen molar-refractivity contribution in [2.45, 2.75) is 12.5 Å². The van der Waals surface area contributed by atoms with E-state index in [1.54, 1.807) is 12.1 Å². The van der Waals surface area contributed by atoms with E-state index in [1.165, 1.54) is 13.0 Å². The lowest BCUT2D eigenvalue weighted by Gasteiger charge is -2.21. The summed E-state index contributed by atoms with van der Waals surface area (Å²) in [5, 5.41) is 18.2. The highest BCUT2D eigenvalue weighted by atomic mass is 79.9. The van der Waals surface area contributed by atoms with Crippen LogP contribution in [0, 0.1) is 0 Å². The van der Waals surface area contributed by atoms with Gasteiger partial charge in [-0.15, -0.1) is 0 Å². The highest BCUT2D eigenvalue weighted by Crippen LogP contribution is 2.33. The van der Waals surface area contributed by atoms with Crippen molar-refractivity contribution < 1.29 is 15.0 Å². The third-order valence-electron chi connectivity index (χ3n) is 1.98. The van der Waals surface area contributed by atoms with Crippen LogP contribution in [-0.4, -0.2) is 16.2 Å². The van der Waals surface area contributed by atoms with Crippen molar-refractivity contribution in [3.63, 3.8) is 0 Å². The highest BCUT2D eigenvalue weighted by Gasteiger charge is 2.32. The third kappa shape index (κ3) is 1.73. The summed E-state index contributed by atoms with van der Waals surface area (Å²) >= 11 is 3.09. The number of phenolic OH excluding ortho intramolecular Hbond substituents is 1. The third-order valence-corrected chi connectivity index (χ3v) is 2.82. The SMILES string of the molecule is C[C@@](N)(C(=O)O)c1cccc(O)c1Br. The van der Waals surface area contributed by atoms with Crippen molar-refractivity contribution in [2.24, 2.45) is 5.73 Å². The Bertz CT molecular complexity index is 376. The Hall–Kier alpha value is -1.07. The number of benzene rings is 1. The molecule has 0 heterocycles. The van der Waals surface area contributed by atoms with E-state index in [-0.39, 0.29) is 5.75 Å². The van der Waals surface area contributed by atoms with Crippen LogP contribution in [0.5, 0.6) is 5.75 Å². The van der Waals surface area contributed by atoms with E-state index >= 15 is 0 Å². The van der Waals surface area contributed by atoms with Crippen molar-refractivity contribution in [3.05, 3.63) is 28.2 Å². The predicted octanol–water partition coefficient (Wildman–Crippen LogP) is 1.41. The summed E-state index contributed by atoms with van der Waals surface area (Å²) in [7, 11) is 0. The molecule has 5 heteroatoms. The lowest BCUT2D eigenvalue weighted by Crippen LogP contribution is -2.41. The van der Waals surface area contributed by atoms with Crippen molar-refractivity contribution in [1.82, 2.24) is 0 Å². The van der Waals surface area contributed by atoms with Gasteiger partial charge < -0.3 is 15.9 Å². The van der Waals surface area contributed by atoms with Gasteiger partial charge in [0.1, 0.15) is 11.3 Å². The fourth-order valence-corrected chi connectivity index (χ4v) is 1.71. The molecule has 0 bridgehead atoms. The second kappa shape index (κ2) is 3.59. The molecule has 4 nitrogen and oxygen atoms in total. The number of carboxylic acid groups (broad SMARTS) is 1. The van der Waals surface area contributed by atoms with Gasteiger partial charge in [0, 0.05) is 5.56 Å². The van der Waals surface area contributed by atoms with Crippen LogP contribution in [-0.2, 0) is 10.3 Å². The smallest absolute Gasteiger partial charge is 0.328 e. The number of hydrogen-bond donors (Lipinski definition) is 3. The molecule has 0 saturated heterocycles. The summed E-state index contributed by atoms with van der Waals surface area (Å²) in [4.78, 5) is 10.9. The molecule has 1 atom stereocenters. The minimum Gasteiger partial charge on any atom is -0.507 e. The fourth-order valence-electron chi connectivity index (χ4n) is 1.04. The molecule has 0 spiro atoms. The second-order valence-corrected chi connectivity index (χ2v) is 3.94. The summed E-state index contributed by atoms with van der Waals surface area (Å²) < 4.78 is 0.312. The zero-order chi connectivity index (χ0) is 10.9. The molecular formula is C9H10BrNO3. The number of phenols is 1. The molecule has 14 heavy (non-hydrogen) atoms. The van der Waals surface area contributed by atoms with Gasteiger partial charge in [0.25, 0.3) is 0 Å². The van der Waals surface area contributed by atoms with Gasteiger partial charge in [-0.2, -0.15) is 0 Å². The first-order valence-electron chi connectivity index (χ1n) is 3.87. The Morgan fingerprint density at radius 1 is 1.57 bits per heavy atom. The van der Waals surface area contributed by atoms with E-state index in [4.69, 9.17) is 10.8 Å². The summed E-state index contributed by atoms with van der Waals surface area (Å²) in [6.07, 6.45) is 0. The Morgan fingerprint density at radius 3 is 2.64 bits per heavy atom. The van der Waals surface area contributed by atoms with Crippen molar-refractivity contribution in [3.8, 4) is 5.75 Å². The van der Waals surface area contributed by atoms with Gasteiger partial charge in [-0.25, -0.2) is 4.79 Å². The Morgan fingerprint density at radius 2 is 2.14 bits per heavy atom. The first kappa shape index (κ1) is 11.0. The van der Waals surface area contributed by atoms with Crippen molar-refractivity contribution in [1.29, 1.82) is 0 Å². The summed E-state index contributed by atoms with van der Waals surface area (Å²) in [5.41, 5.74) is 4.43. The van der Waals surface area contributed by atoms with Gasteiger partial charge in [0.05, 0.1) is 4.47 Å². The van der Waals surface area contributed by atoms with E-state index in [2.05, 4.69) is 15.9 Å². The number of carboxylic acids is 1. The second-order valence-electron chi connectivity index (χ2n) is 3.15. The quantitative estimate of drug-likeness (QED) is 0.750. The van der Waals surface area contributed by atoms with Crippen LogP contribution in [0.2, 0.25) is 0 Å². The molecule has 0 fully saturated rings. The van der Waals surface area contributed by atoms with E-state index in [1.807, 2.05) is 0 Å². The molecule has 1 aromatic rings. The van der Waals surface area contributed by atoms with Gasteiger partial charge in [-0.1, -0.05) is 12.1 Å². The average Bonchev–Trinajstić information content (AvgIpc) is 2.09. The van der Waals surface area contributed by atoms with E-state index in [0.29, 0.717) is 10.0 Å². The molecule has 0 radical (unpaired) electrons. The first-order valence-corrected chi connectivity index (χ1v) is 4.67. The first-order chi connectivity index (χ1) is 6.37. The number of nitrogens with two attached hydrogens (primary N) is 1. The zero-order valence-electron chi connectivity index (χ0n) is 7.49. The minimum absolute atomic E-state index is 0.0274. The molecule has 0 aliphatic heterocycles. The maximum Gasteiger partial charge on any atom is 0.328 e. The van der Waals surface area contributed by atoms with Gasteiger partial charge in [0.15, 0.2) is 0 Å². The predicted molar refractivity (Wildman–Crippen MR) is 55.0 cm³/mol. The number of rotatable bonds is 2. The highest BCUT2D eigenvalue weighted by molar-refractivity contribution is 9.10. The van der Waals surface area contributed by atoms with Gasteiger partial charge in [-0.05, 0) is 28.9 Å². The van der Waals surface area contributed by atoms with E-state index in [9.17, 15) is 9.90 Å². The summed E-state index contributed by atoms with van der Waals surface area (Å²) in [6, 6.07) is 4.55. The Kier molecular flexibility index (Phi) is 2.82. The van der Waals surface area contributed by atoms with Crippen LogP contribution in [0.3, 0.4) is 0 Å². The summed E-state index contributed by atoms with van der Waals surface area (Å²) in [6.45, 7) is 1.37. The van der Waals surface area contributed by atoms with Crippen LogP contribution < -0.4 is 5.73 Å². The standard InChI is InChI=1S/C9H10BrNO3/c1-9(11,8(13)14)5-3-2-4-6(12)7(5)10/h2-4,12H,11H2,1H3,(H,13,14)/t9-/m0/s1. The van der Waals surface area contributed by atoms with Crippen LogP contribution in [0.1, 0.15) is 12.5 Å². The van der Waals surface area contributed by atoms with Crippen molar-refractivity contribution in [2.75, 3.05) is 0 Å². The molecule has 1 aromatic carbocycles. The molecule has 0 aliphatic carbocycles. The molecule has 0 amide bonds. The van der Waals surface area contributed by atoms with Crippen LogP contribution in [0.15, 0.2) is 22.7 Å². The molecule has 1 rings (SSSR count). The molecule has 0 unspecified atom stereocenters. The Balaban J connectivity index is 3.33. The fraction of sp³-hybridized carbons (Fsp3) is 0.222. The number of carbonyl (C=O) groups is 1. The number of aliphatic carboxylic acids is 1. The monoisotopic (exact) mass is 259 g/mol. The normalized spacial score (nSPS) is 14.8. The van der Waals surface area contributed by atoms with Crippen LogP contribution >= 0.6 is 15.9 Å². The molecule has 0 aromatic heterocycles. The molecule has 4 N–H and O–H groups in total. The van der Waals surface area contributed by atoms with Crippen LogP contribution in [0.4, 0.5) is 0 Å². The maximum absolute atomic E-state index is 10.9. The van der Waals surface area contributed by atoms with E-state index < -0.39 is 11.5 Å². The lowest BCUT2D eigenvalue weighted by atomic mass is 9.93. The maximum atomic E-state index is 10.9. The van der Waals surface area contributed by atoms with E-state index in [0.717, 1.165) is 0 Å². The molecule has 0 aliphatic rings. The lowest BCUT2D eigenvalue weighted by molar-refractivity contribution is -0.143. The zero-order valence-corrected chi connectivity index (χ0v) is 9.08. The largest absolute Gasteiger partial charge is 0.507 e.